The Morgan fingerprint density at radius 1 is 1.22 bits per heavy atom. The van der Waals surface area contributed by atoms with Gasteiger partial charge in [-0.3, -0.25) is 4.98 Å². The normalized spacial score (nSPS) is 10.4. The summed E-state index contributed by atoms with van der Waals surface area (Å²) < 4.78 is 0. The fourth-order valence-corrected chi connectivity index (χ4v) is 1.89. The van der Waals surface area contributed by atoms with Gasteiger partial charge < -0.3 is 4.90 Å². The monoisotopic (exact) mass is 262 g/mol. The Kier molecular flexibility index (Phi) is 4.10. The van der Waals surface area contributed by atoms with Gasteiger partial charge in [-0.05, 0) is 26.0 Å². The van der Waals surface area contributed by atoms with Crippen LogP contribution in [0.4, 0.5) is 5.82 Å². The van der Waals surface area contributed by atoms with E-state index in [1.165, 1.54) is 6.33 Å². The van der Waals surface area contributed by atoms with Crippen molar-refractivity contribution in [2.24, 2.45) is 0 Å². The van der Waals surface area contributed by atoms with E-state index in [9.17, 15) is 0 Å². The van der Waals surface area contributed by atoms with Gasteiger partial charge in [-0.1, -0.05) is 17.7 Å². The Morgan fingerprint density at radius 3 is 2.72 bits per heavy atom. The van der Waals surface area contributed by atoms with Crippen LogP contribution in [-0.4, -0.2) is 21.5 Å². The summed E-state index contributed by atoms with van der Waals surface area (Å²) >= 11 is 6.02. The van der Waals surface area contributed by atoms with Crippen molar-refractivity contribution in [1.29, 1.82) is 0 Å². The molecule has 0 saturated carbocycles. The summed E-state index contributed by atoms with van der Waals surface area (Å²) in [5, 5.41) is 0.500. The van der Waals surface area contributed by atoms with Crippen LogP contribution < -0.4 is 4.90 Å². The zero-order valence-corrected chi connectivity index (χ0v) is 11.2. The van der Waals surface area contributed by atoms with Crippen LogP contribution in [0.1, 0.15) is 18.2 Å². The number of hydrogen-bond donors (Lipinski definition) is 0. The van der Waals surface area contributed by atoms with Crippen molar-refractivity contribution in [3.05, 3.63) is 47.1 Å². The topological polar surface area (TPSA) is 41.9 Å². The number of halogens is 1. The molecule has 4 nitrogen and oxygen atoms in total. The summed E-state index contributed by atoms with van der Waals surface area (Å²) in [5.74, 6) is 0.864. The third kappa shape index (κ3) is 2.76. The molecule has 94 valence electrons. The van der Waals surface area contributed by atoms with Crippen LogP contribution in [0.3, 0.4) is 0 Å². The molecule has 0 radical (unpaired) electrons. The molecule has 0 aromatic carbocycles. The van der Waals surface area contributed by atoms with Gasteiger partial charge in [0.15, 0.2) is 0 Å². The molecule has 2 heterocycles. The smallest absolute Gasteiger partial charge is 0.137 e. The van der Waals surface area contributed by atoms with E-state index >= 15 is 0 Å². The van der Waals surface area contributed by atoms with Crippen LogP contribution in [0.2, 0.25) is 5.15 Å². The van der Waals surface area contributed by atoms with Gasteiger partial charge in [-0.15, -0.1) is 0 Å². The minimum absolute atomic E-state index is 0.500. The van der Waals surface area contributed by atoms with Gasteiger partial charge in [0.25, 0.3) is 0 Å². The van der Waals surface area contributed by atoms with Crippen LogP contribution in [0.5, 0.6) is 0 Å². The molecule has 0 bridgehead atoms. The highest BCUT2D eigenvalue weighted by Crippen LogP contribution is 2.22. The van der Waals surface area contributed by atoms with E-state index in [-0.39, 0.29) is 0 Å². The molecule has 0 aliphatic heterocycles. The molecule has 0 atom stereocenters. The van der Waals surface area contributed by atoms with E-state index in [4.69, 9.17) is 11.6 Å². The summed E-state index contributed by atoms with van der Waals surface area (Å²) in [6, 6.07) is 5.89. The maximum atomic E-state index is 6.02. The van der Waals surface area contributed by atoms with E-state index in [2.05, 4.69) is 26.8 Å². The lowest BCUT2D eigenvalue weighted by atomic mass is 10.3. The van der Waals surface area contributed by atoms with E-state index < -0.39 is 0 Å². The molecule has 0 saturated heterocycles. The van der Waals surface area contributed by atoms with Crippen LogP contribution in [-0.2, 0) is 6.54 Å². The van der Waals surface area contributed by atoms with E-state index in [1.54, 1.807) is 6.20 Å². The second-order valence-corrected chi connectivity index (χ2v) is 4.31. The van der Waals surface area contributed by atoms with Crippen molar-refractivity contribution in [1.82, 2.24) is 15.0 Å². The molecule has 18 heavy (non-hydrogen) atoms. The third-order valence-corrected chi connectivity index (χ3v) is 3.14. The molecule has 0 aliphatic rings. The summed E-state index contributed by atoms with van der Waals surface area (Å²) in [4.78, 5) is 14.7. The fraction of sp³-hybridized carbons (Fsp3) is 0.308. The Morgan fingerprint density at radius 2 is 2.06 bits per heavy atom. The number of pyridine rings is 1. The quantitative estimate of drug-likeness (QED) is 0.795. The summed E-state index contributed by atoms with van der Waals surface area (Å²) in [6.45, 7) is 5.56. The minimum atomic E-state index is 0.500. The molecule has 0 amide bonds. The van der Waals surface area contributed by atoms with Crippen LogP contribution in [0, 0.1) is 6.92 Å². The highest BCUT2D eigenvalue weighted by atomic mass is 35.5. The Bertz CT molecular complexity index is 516. The second-order valence-electron chi connectivity index (χ2n) is 3.95. The molecule has 2 aromatic rings. The average Bonchev–Trinajstić information content (AvgIpc) is 2.41. The van der Waals surface area contributed by atoms with Crippen molar-refractivity contribution in [2.45, 2.75) is 20.4 Å². The predicted molar refractivity (Wildman–Crippen MR) is 72.7 cm³/mol. The van der Waals surface area contributed by atoms with Crippen molar-refractivity contribution in [2.75, 3.05) is 11.4 Å². The standard InChI is InChI=1S/C13H15ClN4/c1-3-18(8-11-6-4-5-7-15-11)13-10(2)12(14)16-9-17-13/h4-7,9H,3,8H2,1-2H3. The first-order valence-electron chi connectivity index (χ1n) is 5.84. The second kappa shape index (κ2) is 5.78. The Labute approximate surface area is 112 Å². The van der Waals surface area contributed by atoms with Gasteiger partial charge >= 0.3 is 0 Å². The zero-order valence-electron chi connectivity index (χ0n) is 10.5. The SMILES string of the molecule is CCN(Cc1ccccn1)c1ncnc(Cl)c1C. The zero-order chi connectivity index (χ0) is 13.0. The molecule has 0 unspecified atom stereocenters. The molecule has 5 heteroatoms. The maximum Gasteiger partial charge on any atom is 0.137 e. The molecule has 2 rings (SSSR count). The molecule has 0 aliphatic carbocycles. The molecule has 2 aromatic heterocycles. The minimum Gasteiger partial charge on any atom is -0.351 e. The van der Waals surface area contributed by atoms with Crippen molar-refractivity contribution >= 4 is 17.4 Å². The molecule has 0 fully saturated rings. The predicted octanol–water partition coefficient (Wildman–Crippen LogP) is 2.86. The highest BCUT2D eigenvalue weighted by molar-refractivity contribution is 6.30. The first-order valence-corrected chi connectivity index (χ1v) is 6.22. The number of anilines is 1. The van der Waals surface area contributed by atoms with Crippen LogP contribution >= 0.6 is 11.6 Å². The molecule has 0 spiro atoms. The van der Waals surface area contributed by atoms with Crippen molar-refractivity contribution < 1.29 is 0 Å². The number of rotatable bonds is 4. The third-order valence-electron chi connectivity index (χ3n) is 2.76. The van der Waals surface area contributed by atoms with Crippen LogP contribution in [0.25, 0.3) is 0 Å². The van der Waals surface area contributed by atoms with Gasteiger partial charge in [0.2, 0.25) is 0 Å². The van der Waals surface area contributed by atoms with Crippen LogP contribution in [0.15, 0.2) is 30.7 Å². The van der Waals surface area contributed by atoms with Gasteiger partial charge in [-0.2, -0.15) is 0 Å². The highest BCUT2D eigenvalue weighted by Gasteiger charge is 2.12. The van der Waals surface area contributed by atoms with E-state index in [0.29, 0.717) is 11.7 Å². The lowest BCUT2D eigenvalue weighted by molar-refractivity contribution is 0.786. The first kappa shape index (κ1) is 12.8. The van der Waals surface area contributed by atoms with Gasteiger partial charge in [0, 0.05) is 18.3 Å². The summed E-state index contributed by atoms with van der Waals surface area (Å²) in [6.07, 6.45) is 3.29. The van der Waals surface area contributed by atoms with Gasteiger partial charge in [-0.25, -0.2) is 9.97 Å². The first-order chi connectivity index (χ1) is 8.72. The molecular weight excluding hydrogens is 248 g/mol. The molecule has 0 N–H and O–H groups in total. The average molecular weight is 263 g/mol. The number of aromatic nitrogens is 3. The van der Waals surface area contributed by atoms with E-state index in [0.717, 1.165) is 23.6 Å². The fourth-order valence-electron chi connectivity index (χ4n) is 1.76. The number of nitrogens with zero attached hydrogens (tertiary/aromatic N) is 4. The lowest BCUT2D eigenvalue weighted by Gasteiger charge is -2.23. The van der Waals surface area contributed by atoms with Gasteiger partial charge in [0.1, 0.15) is 17.3 Å². The Hall–Kier alpha value is -1.68. The van der Waals surface area contributed by atoms with Gasteiger partial charge in [0.05, 0.1) is 12.2 Å². The number of hydrogen-bond acceptors (Lipinski definition) is 4. The lowest BCUT2D eigenvalue weighted by Crippen LogP contribution is -2.24. The largest absolute Gasteiger partial charge is 0.351 e. The summed E-state index contributed by atoms with van der Waals surface area (Å²) in [5.41, 5.74) is 1.91. The summed E-state index contributed by atoms with van der Waals surface area (Å²) in [7, 11) is 0. The maximum absolute atomic E-state index is 6.02. The van der Waals surface area contributed by atoms with E-state index in [1.807, 2.05) is 25.1 Å². The van der Waals surface area contributed by atoms with Crippen molar-refractivity contribution in [3.63, 3.8) is 0 Å². The Balaban J connectivity index is 2.26. The molecular formula is C13H15ClN4. The van der Waals surface area contributed by atoms with Crippen molar-refractivity contribution in [3.8, 4) is 0 Å².